The fourth-order valence-electron chi connectivity index (χ4n) is 1.35. The molecule has 0 heterocycles. The second-order valence-electron chi connectivity index (χ2n) is 3.40. The van der Waals surface area contributed by atoms with Crippen LogP contribution < -0.4 is 12.8 Å². The van der Waals surface area contributed by atoms with E-state index >= 15 is 0 Å². The second-order valence-corrected chi connectivity index (χ2v) is 11.1. The molecule has 0 amide bonds. The summed E-state index contributed by atoms with van der Waals surface area (Å²) in [6, 6.07) is 19.4. The topological polar surface area (TPSA) is 9.23 Å². The van der Waals surface area contributed by atoms with E-state index in [-0.39, 0.29) is 20.9 Å². The molecule has 0 aliphatic rings. The summed E-state index contributed by atoms with van der Waals surface area (Å²) in [7, 11) is 1.71. The maximum absolute atomic E-state index is 5.16. The summed E-state index contributed by atoms with van der Waals surface area (Å²) in [6.45, 7) is 0. The van der Waals surface area contributed by atoms with Crippen LogP contribution in [0.4, 0.5) is 0 Å². The molecule has 0 N–H and O–H groups in total. The van der Waals surface area contributed by atoms with Crippen LogP contribution >= 0.6 is 0 Å². The van der Waals surface area contributed by atoms with Crippen LogP contribution in [0.1, 0.15) is 0 Å². The maximum atomic E-state index is 5.16. The van der Waals surface area contributed by atoms with Gasteiger partial charge in [0.2, 0.25) is 0 Å². The van der Waals surface area contributed by atoms with E-state index in [1.165, 1.54) is 11.4 Å². The van der Waals surface area contributed by atoms with Gasteiger partial charge in [0, 0.05) is 0 Å². The summed E-state index contributed by atoms with van der Waals surface area (Å²) >= 11 is 0.616. The van der Waals surface area contributed by atoms with E-state index in [9.17, 15) is 0 Å². The fourth-order valence-corrected chi connectivity index (χ4v) is 8.63. The molecule has 0 bridgehead atoms. The molecule has 0 spiro atoms. The van der Waals surface area contributed by atoms with Crippen LogP contribution in [0.3, 0.4) is 0 Å². The molecule has 2 aromatic carbocycles. The molecule has 1 nitrogen and oxygen atoms in total. The molecule has 2 aromatic rings. The third-order valence-corrected chi connectivity index (χ3v) is 9.24. The summed E-state index contributed by atoms with van der Waals surface area (Å²) in [6.07, 6.45) is 0. The van der Waals surface area contributed by atoms with Crippen molar-refractivity contribution in [3.8, 4) is 5.75 Å². The number of rotatable bonds is 5. The van der Waals surface area contributed by atoms with Crippen molar-refractivity contribution in [1.29, 1.82) is 0 Å². The van der Waals surface area contributed by atoms with Crippen LogP contribution in [-0.4, -0.2) is 43.0 Å². The van der Waals surface area contributed by atoms with Crippen LogP contribution in [0, 0.1) is 0 Å². The Morgan fingerprint density at radius 1 is 1.00 bits per heavy atom. The van der Waals surface area contributed by atoms with Gasteiger partial charge in [-0.25, -0.2) is 0 Å². The number of hydrogen-bond donors (Lipinski definition) is 0. The van der Waals surface area contributed by atoms with Gasteiger partial charge >= 0.3 is 120 Å². The molecule has 0 fully saturated rings. The molecular weight excluding hydrogens is 391 g/mol. The molecule has 17 heavy (non-hydrogen) atoms. The van der Waals surface area contributed by atoms with Gasteiger partial charge in [-0.1, -0.05) is 0 Å². The van der Waals surface area contributed by atoms with Crippen molar-refractivity contribution in [3.05, 3.63) is 54.6 Å². The van der Waals surface area contributed by atoms with E-state index in [0.29, 0.717) is 15.0 Å². The van der Waals surface area contributed by atoms with Crippen molar-refractivity contribution < 1.29 is 4.74 Å². The average molecular weight is 405 g/mol. The molecule has 0 radical (unpaired) electrons. The molecule has 0 unspecified atom stereocenters. The first-order valence-electron chi connectivity index (χ1n) is 5.33. The Labute approximate surface area is 119 Å². The molecular formula is C14H14OSeTe. The summed E-state index contributed by atoms with van der Waals surface area (Å²) in [5, 5.41) is 0. The summed E-state index contributed by atoms with van der Waals surface area (Å²) < 4.78 is 9.58. The van der Waals surface area contributed by atoms with Gasteiger partial charge < -0.3 is 0 Å². The van der Waals surface area contributed by atoms with E-state index in [1.807, 2.05) is 0 Å². The standard InChI is InChI=1S/C14H14OSeTe/c1-15-12-7-9-14(10-8-12)17-11-16-13-5-3-2-4-6-13/h2-10H,11H2,1H3. The van der Waals surface area contributed by atoms with Crippen LogP contribution in [0.15, 0.2) is 54.6 Å². The minimum absolute atomic E-state index is 0.0261. The Bertz CT molecular complexity index is 442. The first-order chi connectivity index (χ1) is 8.38. The minimum atomic E-state index is -0.0261. The van der Waals surface area contributed by atoms with Gasteiger partial charge in [-0.05, 0) is 0 Å². The molecule has 0 saturated heterocycles. The van der Waals surface area contributed by atoms with Gasteiger partial charge in [-0.2, -0.15) is 0 Å². The van der Waals surface area contributed by atoms with Crippen LogP contribution in [0.2, 0.25) is 3.37 Å². The van der Waals surface area contributed by atoms with Crippen LogP contribution in [0.5, 0.6) is 5.75 Å². The van der Waals surface area contributed by atoms with Gasteiger partial charge in [0.1, 0.15) is 0 Å². The van der Waals surface area contributed by atoms with Crippen LogP contribution in [0.25, 0.3) is 0 Å². The van der Waals surface area contributed by atoms with E-state index in [4.69, 9.17) is 4.74 Å². The Balaban J connectivity index is 1.82. The van der Waals surface area contributed by atoms with Crippen molar-refractivity contribution in [2.24, 2.45) is 0 Å². The summed E-state index contributed by atoms with van der Waals surface area (Å²) in [5.74, 6) is 0.954. The summed E-state index contributed by atoms with van der Waals surface area (Å²) in [5.41, 5.74) is 0. The number of hydrogen-bond acceptors (Lipinski definition) is 1. The molecule has 0 aliphatic heterocycles. The van der Waals surface area contributed by atoms with Crippen molar-refractivity contribution >= 4 is 44.0 Å². The second kappa shape index (κ2) is 7.09. The quantitative estimate of drug-likeness (QED) is 0.685. The molecule has 2 rings (SSSR count). The first kappa shape index (κ1) is 13.0. The van der Waals surface area contributed by atoms with Gasteiger partial charge in [0.15, 0.2) is 0 Å². The molecule has 0 atom stereocenters. The average Bonchev–Trinajstić information content (AvgIpc) is 2.41. The van der Waals surface area contributed by atoms with Crippen LogP contribution in [-0.2, 0) is 0 Å². The van der Waals surface area contributed by atoms with E-state index in [2.05, 4.69) is 54.6 Å². The number of methoxy groups -OCH3 is 1. The van der Waals surface area contributed by atoms with E-state index < -0.39 is 0 Å². The van der Waals surface area contributed by atoms with Crippen molar-refractivity contribution in [2.45, 2.75) is 3.37 Å². The van der Waals surface area contributed by atoms with Crippen molar-refractivity contribution in [1.82, 2.24) is 0 Å². The SMILES string of the molecule is COc1ccc([Te]C[Se]c2ccccc2)cc1. The first-order valence-corrected chi connectivity index (χ1v) is 10.2. The Hall–Kier alpha value is -0.451. The Kier molecular flexibility index (Phi) is 5.42. The Morgan fingerprint density at radius 2 is 1.71 bits per heavy atom. The van der Waals surface area contributed by atoms with E-state index in [0.717, 1.165) is 5.75 Å². The van der Waals surface area contributed by atoms with Gasteiger partial charge in [0.25, 0.3) is 0 Å². The predicted molar refractivity (Wildman–Crippen MR) is 75.0 cm³/mol. The van der Waals surface area contributed by atoms with Crippen molar-refractivity contribution in [3.63, 3.8) is 0 Å². The molecule has 0 saturated carbocycles. The van der Waals surface area contributed by atoms with Gasteiger partial charge in [0.05, 0.1) is 0 Å². The molecule has 0 aliphatic carbocycles. The normalized spacial score (nSPS) is 10.2. The predicted octanol–water partition coefficient (Wildman–Crippen LogP) is 1.43. The monoisotopic (exact) mass is 408 g/mol. The van der Waals surface area contributed by atoms with Crippen molar-refractivity contribution in [2.75, 3.05) is 7.11 Å². The number of benzene rings is 2. The summed E-state index contributed by atoms with van der Waals surface area (Å²) in [4.78, 5) is 0. The third kappa shape index (κ3) is 4.37. The zero-order valence-electron chi connectivity index (χ0n) is 9.63. The zero-order chi connectivity index (χ0) is 11.9. The third-order valence-electron chi connectivity index (χ3n) is 2.25. The zero-order valence-corrected chi connectivity index (χ0v) is 13.7. The molecule has 88 valence electrons. The van der Waals surface area contributed by atoms with Gasteiger partial charge in [-0.3, -0.25) is 0 Å². The van der Waals surface area contributed by atoms with Gasteiger partial charge in [-0.15, -0.1) is 0 Å². The van der Waals surface area contributed by atoms with E-state index in [1.54, 1.807) is 7.11 Å². The number of ether oxygens (including phenoxy) is 1. The fraction of sp³-hybridized carbons (Fsp3) is 0.143. The molecule has 0 aromatic heterocycles. The Morgan fingerprint density at radius 3 is 2.35 bits per heavy atom. The molecule has 3 heteroatoms.